The molecule has 1 aliphatic carbocycles. The summed E-state index contributed by atoms with van der Waals surface area (Å²) < 4.78 is 0. The Kier molecular flexibility index (Phi) is 2.82. The van der Waals surface area contributed by atoms with Crippen LogP contribution < -0.4 is 5.32 Å². The van der Waals surface area contributed by atoms with E-state index in [0.29, 0.717) is 17.9 Å². The average molecular weight is 199 g/mol. The summed E-state index contributed by atoms with van der Waals surface area (Å²) in [5.41, 5.74) is 0. The first-order valence-corrected chi connectivity index (χ1v) is 6.31. The molecule has 2 aliphatic rings. The predicted octanol–water partition coefficient (Wildman–Crippen LogP) is 1.65. The minimum absolute atomic E-state index is 0.314. The van der Waals surface area contributed by atoms with Gasteiger partial charge >= 0.3 is 0 Å². The minimum atomic E-state index is 0.314. The van der Waals surface area contributed by atoms with Crippen molar-refractivity contribution in [1.82, 2.24) is 5.32 Å². The van der Waals surface area contributed by atoms with Crippen molar-refractivity contribution in [3.63, 3.8) is 0 Å². The van der Waals surface area contributed by atoms with E-state index >= 15 is 0 Å². The van der Waals surface area contributed by atoms with Crippen molar-refractivity contribution in [1.29, 1.82) is 0 Å². The fourth-order valence-corrected chi connectivity index (χ4v) is 2.89. The van der Waals surface area contributed by atoms with E-state index in [1.54, 1.807) is 0 Å². The molecule has 13 heavy (non-hydrogen) atoms. The predicted molar refractivity (Wildman–Crippen MR) is 55.8 cm³/mol. The van der Waals surface area contributed by atoms with Gasteiger partial charge in [-0.2, -0.15) is 11.8 Å². The van der Waals surface area contributed by atoms with E-state index in [9.17, 15) is 4.79 Å². The third-order valence-electron chi connectivity index (χ3n) is 3.03. The van der Waals surface area contributed by atoms with Gasteiger partial charge in [-0.1, -0.05) is 6.92 Å². The van der Waals surface area contributed by atoms with E-state index in [1.165, 1.54) is 6.42 Å². The van der Waals surface area contributed by atoms with Gasteiger partial charge in [-0.15, -0.1) is 0 Å². The maximum absolute atomic E-state index is 11.7. The van der Waals surface area contributed by atoms with E-state index in [0.717, 1.165) is 30.3 Å². The molecule has 0 aromatic heterocycles. The van der Waals surface area contributed by atoms with Gasteiger partial charge in [0.15, 0.2) is 0 Å². The molecule has 2 atom stereocenters. The molecule has 0 unspecified atom stereocenters. The van der Waals surface area contributed by atoms with Crippen molar-refractivity contribution in [3.8, 4) is 0 Å². The second-order valence-electron chi connectivity index (χ2n) is 4.21. The summed E-state index contributed by atoms with van der Waals surface area (Å²) in [5.74, 6) is 3.68. The number of hydrogen-bond acceptors (Lipinski definition) is 2. The lowest BCUT2D eigenvalue weighted by atomic mass is 10.0. The summed E-state index contributed by atoms with van der Waals surface area (Å²) in [6, 6.07) is 0.502. The Hall–Kier alpha value is -0.180. The maximum atomic E-state index is 11.7. The van der Waals surface area contributed by atoms with Crippen molar-refractivity contribution in [2.75, 3.05) is 11.5 Å². The van der Waals surface area contributed by atoms with Crippen LogP contribution in [0.1, 0.15) is 26.2 Å². The molecule has 1 N–H and O–H groups in total. The molecule has 3 heteroatoms. The first-order valence-electron chi connectivity index (χ1n) is 5.15. The third kappa shape index (κ3) is 2.39. The van der Waals surface area contributed by atoms with Crippen LogP contribution in [-0.2, 0) is 4.79 Å². The highest BCUT2D eigenvalue weighted by atomic mass is 32.2. The lowest BCUT2D eigenvalue weighted by Gasteiger charge is -2.20. The fraction of sp³-hybridized carbons (Fsp3) is 0.900. The number of thioether (sulfide) groups is 1. The standard InChI is InChI=1S/C10H17NOS/c1-7-6-9(7)11-10(12)8-2-4-13-5-3-8/h7-9H,2-6H2,1H3,(H,11,12)/t7-,9-/m1/s1. The Morgan fingerprint density at radius 2 is 2.00 bits per heavy atom. The normalized spacial score (nSPS) is 34.2. The second kappa shape index (κ2) is 3.91. The number of carbonyl (C=O) groups is 1. The summed E-state index contributed by atoms with van der Waals surface area (Å²) in [6.07, 6.45) is 3.35. The molecule has 1 heterocycles. The first kappa shape index (κ1) is 9.38. The monoisotopic (exact) mass is 199 g/mol. The number of rotatable bonds is 2. The lowest BCUT2D eigenvalue weighted by Crippen LogP contribution is -2.34. The van der Waals surface area contributed by atoms with E-state index in [1.807, 2.05) is 11.8 Å². The van der Waals surface area contributed by atoms with Gasteiger partial charge in [-0.05, 0) is 36.7 Å². The molecule has 1 aliphatic heterocycles. The zero-order valence-corrected chi connectivity index (χ0v) is 8.90. The van der Waals surface area contributed by atoms with E-state index in [4.69, 9.17) is 0 Å². The van der Waals surface area contributed by atoms with Crippen LogP contribution in [0.3, 0.4) is 0 Å². The van der Waals surface area contributed by atoms with Gasteiger partial charge in [0.25, 0.3) is 0 Å². The van der Waals surface area contributed by atoms with Gasteiger partial charge in [0.1, 0.15) is 0 Å². The van der Waals surface area contributed by atoms with Crippen LogP contribution >= 0.6 is 11.8 Å². The molecule has 2 nitrogen and oxygen atoms in total. The minimum Gasteiger partial charge on any atom is -0.353 e. The number of amides is 1. The van der Waals surface area contributed by atoms with Gasteiger partial charge in [0.2, 0.25) is 5.91 Å². The molecule has 1 amide bonds. The summed E-state index contributed by atoms with van der Waals surface area (Å²) >= 11 is 1.97. The smallest absolute Gasteiger partial charge is 0.223 e. The molecule has 74 valence electrons. The third-order valence-corrected chi connectivity index (χ3v) is 4.08. The Morgan fingerprint density at radius 1 is 1.38 bits per heavy atom. The van der Waals surface area contributed by atoms with Crippen LogP contribution in [-0.4, -0.2) is 23.5 Å². The van der Waals surface area contributed by atoms with Crippen molar-refractivity contribution in [3.05, 3.63) is 0 Å². The zero-order chi connectivity index (χ0) is 9.26. The number of nitrogens with one attached hydrogen (secondary N) is 1. The molecule has 0 aromatic carbocycles. The van der Waals surface area contributed by atoms with E-state index < -0.39 is 0 Å². The molecule has 2 rings (SSSR count). The number of carbonyl (C=O) groups excluding carboxylic acids is 1. The highest BCUT2D eigenvalue weighted by Gasteiger charge is 2.35. The molecule has 1 saturated heterocycles. The SMILES string of the molecule is C[C@@H]1C[C@H]1NC(=O)C1CCSCC1. The Morgan fingerprint density at radius 3 is 2.54 bits per heavy atom. The second-order valence-corrected chi connectivity index (χ2v) is 5.44. The molecular formula is C10H17NOS. The molecule has 2 fully saturated rings. The molecule has 0 bridgehead atoms. The molecule has 0 aromatic rings. The van der Waals surface area contributed by atoms with Crippen molar-refractivity contribution < 1.29 is 4.79 Å². The van der Waals surface area contributed by atoms with Crippen LogP contribution in [0.2, 0.25) is 0 Å². The molecule has 1 saturated carbocycles. The van der Waals surface area contributed by atoms with E-state index in [-0.39, 0.29) is 0 Å². The Balaban J connectivity index is 1.75. The number of hydrogen-bond donors (Lipinski definition) is 1. The van der Waals surface area contributed by atoms with Crippen LogP contribution in [0.15, 0.2) is 0 Å². The maximum Gasteiger partial charge on any atom is 0.223 e. The summed E-state index contributed by atoms with van der Waals surface area (Å²) in [5, 5.41) is 3.13. The average Bonchev–Trinajstić information content (AvgIpc) is 2.83. The largest absolute Gasteiger partial charge is 0.353 e. The van der Waals surface area contributed by atoms with Gasteiger partial charge in [-0.25, -0.2) is 0 Å². The Bertz CT molecular complexity index is 201. The highest BCUT2D eigenvalue weighted by molar-refractivity contribution is 7.99. The first-order chi connectivity index (χ1) is 6.27. The van der Waals surface area contributed by atoms with Crippen molar-refractivity contribution in [2.24, 2.45) is 11.8 Å². The highest BCUT2D eigenvalue weighted by Crippen LogP contribution is 2.30. The summed E-state index contributed by atoms with van der Waals surface area (Å²) in [6.45, 7) is 2.20. The molecular weight excluding hydrogens is 182 g/mol. The van der Waals surface area contributed by atoms with Gasteiger partial charge in [0.05, 0.1) is 0 Å². The Labute approximate surface area is 83.8 Å². The van der Waals surface area contributed by atoms with Gasteiger partial charge < -0.3 is 5.32 Å². The van der Waals surface area contributed by atoms with Crippen LogP contribution in [0.5, 0.6) is 0 Å². The fourth-order valence-electron chi connectivity index (χ4n) is 1.78. The van der Waals surface area contributed by atoms with E-state index in [2.05, 4.69) is 12.2 Å². The molecule has 0 spiro atoms. The van der Waals surface area contributed by atoms with Crippen LogP contribution in [0.25, 0.3) is 0 Å². The summed E-state index contributed by atoms with van der Waals surface area (Å²) in [4.78, 5) is 11.7. The molecule has 0 radical (unpaired) electrons. The quantitative estimate of drug-likeness (QED) is 0.732. The van der Waals surface area contributed by atoms with Crippen LogP contribution in [0.4, 0.5) is 0 Å². The zero-order valence-electron chi connectivity index (χ0n) is 8.08. The van der Waals surface area contributed by atoms with Gasteiger partial charge in [0, 0.05) is 12.0 Å². The topological polar surface area (TPSA) is 29.1 Å². The van der Waals surface area contributed by atoms with Crippen LogP contribution in [0, 0.1) is 11.8 Å². The summed E-state index contributed by atoms with van der Waals surface area (Å²) in [7, 11) is 0. The van der Waals surface area contributed by atoms with Gasteiger partial charge in [-0.3, -0.25) is 4.79 Å². The van der Waals surface area contributed by atoms with Crippen molar-refractivity contribution in [2.45, 2.75) is 32.2 Å². The van der Waals surface area contributed by atoms with Crippen molar-refractivity contribution >= 4 is 17.7 Å². The lowest BCUT2D eigenvalue weighted by molar-refractivity contribution is -0.125.